The average Bonchev–Trinajstić information content (AvgIpc) is 2.54. The van der Waals surface area contributed by atoms with E-state index < -0.39 is 12.1 Å². The number of carbonyl (C=O) groups excluding carboxylic acids is 2. The molecule has 7 heteroatoms. The van der Waals surface area contributed by atoms with Gasteiger partial charge in [0, 0.05) is 11.8 Å². The zero-order chi connectivity index (χ0) is 18.0. The van der Waals surface area contributed by atoms with Gasteiger partial charge in [0.15, 0.2) is 11.8 Å². The second-order valence-electron chi connectivity index (χ2n) is 5.31. The first-order chi connectivity index (χ1) is 11.2. The maximum absolute atomic E-state index is 12.5. The van der Waals surface area contributed by atoms with Crippen molar-refractivity contribution in [2.45, 2.75) is 26.9 Å². The van der Waals surface area contributed by atoms with Gasteiger partial charge in [-0.25, -0.2) is 9.78 Å². The molecule has 0 saturated heterocycles. The van der Waals surface area contributed by atoms with Gasteiger partial charge in [-0.3, -0.25) is 4.79 Å². The highest BCUT2D eigenvalue weighted by atomic mass is 35.5. The molecule has 0 saturated carbocycles. The highest BCUT2D eigenvalue weighted by Crippen LogP contribution is 2.31. The van der Waals surface area contributed by atoms with Crippen LogP contribution >= 0.6 is 34.8 Å². The molecule has 0 aliphatic heterocycles. The summed E-state index contributed by atoms with van der Waals surface area (Å²) < 4.78 is 5.19. The third-order valence-corrected chi connectivity index (χ3v) is 4.66. The van der Waals surface area contributed by atoms with Gasteiger partial charge in [-0.15, -0.1) is 0 Å². The fourth-order valence-corrected chi connectivity index (χ4v) is 2.63. The van der Waals surface area contributed by atoms with Gasteiger partial charge in [0.1, 0.15) is 0 Å². The lowest BCUT2D eigenvalue weighted by Gasteiger charge is -2.14. The number of pyridine rings is 1. The number of hydrogen-bond donors (Lipinski definition) is 0. The first-order valence-electron chi connectivity index (χ1n) is 7.04. The molecule has 4 nitrogen and oxygen atoms in total. The Balaban J connectivity index is 2.21. The van der Waals surface area contributed by atoms with Crippen molar-refractivity contribution in [2.24, 2.45) is 0 Å². The van der Waals surface area contributed by atoms with E-state index in [0.717, 1.165) is 11.1 Å². The molecule has 1 aromatic heterocycles. The van der Waals surface area contributed by atoms with Crippen molar-refractivity contribution in [3.63, 3.8) is 0 Å². The van der Waals surface area contributed by atoms with E-state index in [0.29, 0.717) is 5.56 Å². The molecule has 1 heterocycles. The predicted octanol–water partition coefficient (Wildman–Crippen LogP) is 5.09. The van der Waals surface area contributed by atoms with Crippen LogP contribution in [0.1, 0.15) is 38.9 Å². The first-order valence-corrected chi connectivity index (χ1v) is 8.17. The van der Waals surface area contributed by atoms with Crippen molar-refractivity contribution in [3.8, 4) is 0 Å². The Morgan fingerprint density at radius 3 is 2.46 bits per heavy atom. The Labute approximate surface area is 154 Å². The minimum atomic E-state index is -0.995. The van der Waals surface area contributed by atoms with Gasteiger partial charge in [-0.05, 0) is 32.4 Å². The molecular weight excluding hydrogens is 373 g/mol. The molecule has 0 N–H and O–H groups in total. The fraction of sp³-hybridized carbons (Fsp3) is 0.235. The number of ketones is 1. The summed E-state index contributed by atoms with van der Waals surface area (Å²) in [6, 6.07) is 5.50. The molecule has 0 spiro atoms. The number of rotatable bonds is 4. The number of Topliss-reactive ketones (excluding diaryl/α,β-unsaturated/α-hetero) is 1. The summed E-state index contributed by atoms with van der Waals surface area (Å²) in [5.74, 6) is -1.15. The smallest absolute Gasteiger partial charge is 0.359 e. The molecule has 1 aromatic carbocycles. The van der Waals surface area contributed by atoms with E-state index in [2.05, 4.69) is 4.98 Å². The van der Waals surface area contributed by atoms with Crippen molar-refractivity contribution < 1.29 is 14.3 Å². The highest BCUT2D eigenvalue weighted by molar-refractivity contribution is 6.48. The van der Waals surface area contributed by atoms with Gasteiger partial charge in [-0.1, -0.05) is 52.5 Å². The van der Waals surface area contributed by atoms with E-state index in [1.165, 1.54) is 13.1 Å². The maximum Gasteiger partial charge on any atom is 0.359 e. The van der Waals surface area contributed by atoms with Crippen LogP contribution in [0.2, 0.25) is 15.1 Å². The lowest BCUT2D eigenvalue weighted by molar-refractivity contribution is 0.0313. The molecule has 24 heavy (non-hydrogen) atoms. The van der Waals surface area contributed by atoms with Crippen molar-refractivity contribution in [2.75, 3.05) is 0 Å². The summed E-state index contributed by atoms with van der Waals surface area (Å²) in [5, 5.41) is 0.0204. The van der Waals surface area contributed by atoms with E-state index >= 15 is 0 Å². The molecule has 0 aliphatic carbocycles. The topological polar surface area (TPSA) is 56.3 Å². The number of nitrogens with zero attached hydrogens (tertiary/aromatic N) is 1. The molecule has 0 fully saturated rings. The van der Waals surface area contributed by atoms with Crippen molar-refractivity contribution in [3.05, 3.63) is 61.8 Å². The van der Waals surface area contributed by atoms with Crippen LogP contribution in [0, 0.1) is 13.8 Å². The second-order valence-corrected chi connectivity index (χ2v) is 6.48. The van der Waals surface area contributed by atoms with Crippen molar-refractivity contribution >= 4 is 46.6 Å². The normalized spacial score (nSPS) is 11.9. The molecule has 0 aliphatic rings. The van der Waals surface area contributed by atoms with E-state index in [9.17, 15) is 9.59 Å². The van der Waals surface area contributed by atoms with Crippen molar-refractivity contribution in [1.29, 1.82) is 0 Å². The standard InChI is InChI=1S/C17H14Cl3NO3/c1-8-4-5-9(2)11(6-8)16(22)10(3)24-17(23)15-14(20)13(19)12(18)7-21-15/h4-7,10H,1-3H3/t10-/m0/s1. The SMILES string of the molecule is Cc1ccc(C)c(C(=O)[C@H](C)OC(=O)c2ncc(Cl)c(Cl)c2Cl)c1. The molecule has 0 radical (unpaired) electrons. The molecule has 0 unspecified atom stereocenters. The van der Waals surface area contributed by atoms with E-state index in [1.54, 1.807) is 6.07 Å². The highest BCUT2D eigenvalue weighted by Gasteiger charge is 2.25. The van der Waals surface area contributed by atoms with Crippen LogP contribution in [0.25, 0.3) is 0 Å². The zero-order valence-electron chi connectivity index (χ0n) is 13.2. The molecule has 1 atom stereocenters. The van der Waals surface area contributed by atoms with E-state index in [-0.39, 0.29) is 26.5 Å². The number of aryl methyl sites for hydroxylation is 2. The number of benzene rings is 1. The van der Waals surface area contributed by atoms with Gasteiger partial charge >= 0.3 is 5.97 Å². The number of carbonyl (C=O) groups is 2. The summed E-state index contributed by atoms with van der Waals surface area (Å²) in [7, 11) is 0. The third kappa shape index (κ3) is 3.89. The van der Waals surface area contributed by atoms with Crippen LogP contribution in [0.4, 0.5) is 0 Å². The molecular formula is C17H14Cl3NO3. The monoisotopic (exact) mass is 385 g/mol. The molecule has 126 valence electrons. The van der Waals surface area contributed by atoms with Gasteiger partial charge in [0.05, 0.1) is 15.1 Å². The first kappa shape index (κ1) is 18.7. The Morgan fingerprint density at radius 1 is 1.12 bits per heavy atom. The van der Waals surface area contributed by atoms with Gasteiger partial charge in [0.25, 0.3) is 0 Å². The molecule has 0 bridgehead atoms. The largest absolute Gasteiger partial charge is 0.449 e. The molecule has 0 amide bonds. The summed E-state index contributed by atoms with van der Waals surface area (Å²) in [4.78, 5) is 28.5. The second kappa shape index (κ2) is 7.51. The molecule has 2 aromatic rings. The van der Waals surface area contributed by atoms with E-state index in [1.807, 2.05) is 26.0 Å². The fourth-order valence-electron chi connectivity index (χ4n) is 2.08. The number of aromatic nitrogens is 1. The predicted molar refractivity (Wildman–Crippen MR) is 94.4 cm³/mol. The Bertz CT molecular complexity index is 821. The number of esters is 1. The van der Waals surface area contributed by atoms with E-state index in [4.69, 9.17) is 39.5 Å². The Morgan fingerprint density at radius 2 is 1.79 bits per heavy atom. The van der Waals surface area contributed by atoms with Gasteiger partial charge < -0.3 is 4.74 Å². The summed E-state index contributed by atoms with van der Waals surface area (Å²) in [5.41, 5.74) is 2.06. The average molecular weight is 387 g/mol. The van der Waals surface area contributed by atoms with Crippen LogP contribution in [0.5, 0.6) is 0 Å². The minimum Gasteiger partial charge on any atom is -0.449 e. The summed E-state index contributed by atoms with van der Waals surface area (Å²) >= 11 is 17.6. The Hall–Kier alpha value is -1.62. The van der Waals surface area contributed by atoms with Crippen LogP contribution in [0.3, 0.4) is 0 Å². The summed E-state index contributed by atoms with van der Waals surface area (Å²) in [6.07, 6.45) is 0.203. The van der Waals surface area contributed by atoms with Crippen LogP contribution in [0.15, 0.2) is 24.4 Å². The molecule has 2 rings (SSSR count). The van der Waals surface area contributed by atoms with Crippen LogP contribution in [-0.2, 0) is 4.74 Å². The number of hydrogen-bond acceptors (Lipinski definition) is 4. The van der Waals surface area contributed by atoms with Gasteiger partial charge in [0.2, 0.25) is 5.78 Å². The lowest BCUT2D eigenvalue weighted by Crippen LogP contribution is -2.25. The zero-order valence-corrected chi connectivity index (χ0v) is 15.5. The lowest BCUT2D eigenvalue weighted by atomic mass is 9.99. The van der Waals surface area contributed by atoms with Crippen LogP contribution in [-0.4, -0.2) is 22.8 Å². The summed E-state index contributed by atoms with van der Waals surface area (Å²) in [6.45, 7) is 5.19. The van der Waals surface area contributed by atoms with Crippen molar-refractivity contribution in [1.82, 2.24) is 4.98 Å². The third-order valence-electron chi connectivity index (χ3n) is 3.42. The van der Waals surface area contributed by atoms with Gasteiger partial charge in [-0.2, -0.15) is 0 Å². The number of halogens is 3. The Kier molecular flexibility index (Phi) is 5.86. The van der Waals surface area contributed by atoms with Crippen LogP contribution < -0.4 is 0 Å². The minimum absolute atomic E-state index is 0.00814. The maximum atomic E-state index is 12.5. The quantitative estimate of drug-likeness (QED) is 0.542. The number of ether oxygens (including phenoxy) is 1.